The fourth-order valence-corrected chi connectivity index (χ4v) is 4.20. The van der Waals surface area contributed by atoms with Crippen molar-refractivity contribution in [3.8, 4) is 0 Å². The van der Waals surface area contributed by atoms with Gasteiger partial charge in [-0.15, -0.1) is 0 Å². The molecule has 4 atom stereocenters. The molecule has 1 aliphatic rings. The number of hydrogen-bond acceptors (Lipinski definition) is 8. The highest BCUT2D eigenvalue weighted by molar-refractivity contribution is 6.31. The van der Waals surface area contributed by atoms with E-state index >= 15 is 0 Å². The van der Waals surface area contributed by atoms with E-state index < -0.39 is 30.6 Å². The largest absolute Gasteiger partial charge is 0.508 e. The average molecular weight is 506 g/mol. The number of carbonyl (C=O) groups excluding carboxylic acids is 1. The van der Waals surface area contributed by atoms with Crippen LogP contribution in [0.4, 0.5) is 4.79 Å². The van der Waals surface area contributed by atoms with E-state index in [2.05, 4.69) is 5.16 Å². The Balaban J connectivity index is 1.73. The number of aliphatic hydroxyl groups is 2. The van der Waals surface area contributed by atoms with E-state index in [0.717, 1.165) is 34.4 Å². The van der Waals surface area contributed by atoms with E-state index in [9.17, 15) is 15.0 Å². The van der Waals surface area contributed by atoms with Gasteiger partial charge in [0.15, 0.2) is 0 Å². The smallest absolute Gasteiger partial charge is 0.435 e. The second-order valence-electron chi connectivity index (χ2n) is 8.25. The Morgan fingerprint density at radius 2 is 1.89 bits per heavy atom. The van der Waals surface area contributed by atoms with Gasteiger partial charge in [-0.05, 0) is 48.1 Å². The molecule has 2 aromatic carbocycles. The maximum atomic E-state index is 11.5. The molecule has 1 saturated heterocycles. The van der Waals surface area contributed by atoms with Crippen LogP contribution in [0.3, 0.4) is 0 Å². The highest BCUT2D eigenvalue weighted by atomic mass is 35.5. The highest BCUT2D eigenvalue weighted by Gasteiger charge is 2.38. The molecule has 0 bridgehead atoms. The van der Waals surface area contributed by atoms with Gasteiger partial charge in [-0.1, -0.05) is 60.1 Å². The summed E-state index contributed by atoms with van der Waals surface area (Å²) in [5.74, 6) is 0. The van der Waals surface area contributed by atoms with Crippen LogP contribution >= 0.6 is 11.6 Å². The zero-order valence-electron chi connectivity index (χ0n) is 20.1. The third kappa shape index (κ3) is 7.18. The molecule has 0 amide bonds. The van der Waals surface area contributed by atoms with E-state index in [1.807, 2.05) is 43.3 Å². The number of carbonyl (C=O) groups is 1. The molecular weight excluding hydrogens is 474 g/mol. The van der Waals surface area contributed by atoms with Gasteiger partial charge in [-0.25, -0.2) is 4.79 Å². The fraction of sp³-hybridized carbons (Fsp3) is 0.462. The van der Waals surface area contributed by atoms with Crippen molar-refractivity contribution in [2.45, 2.75) is 57.5 Å². The van der Waals surface area contributed by atoms with Crippen molar-refractivity contribution in [3.63, 3.8) is 0 Å². The van der Waals surface area contributed by atoms with Crippen LogP contribution in [0, 0.1) is 0 Å². The monoisotopic (exact) mass is 505 g/mol. The first kappa shape index (κ1) is 26.9. The van der Waals surface area contributed by atoms with Crippen molar-refractivity contribution in [2.24, 2.45) is 5.16 Å². The van der Waals surface area contributed by atoms with Gasteiger partial charge in [0, 0.05) is 11.4 Å². The van der Waals surface area contributed by atoms with Gasteiger partial charge < -0.3 is 29.3 Å². The van der Waals surface area contributed by atoms with Gasteiger partial charge in [0.05, 0.1) is 24.5 Å². The molecule has 1 heterocycles. The van der Waals surface area contributed by atoms with Crippen LogP contribution in [0.1, 0.15) is 55.0 Å². The zero-order valence-corrected chi connectivity index (χ0v) is 20.9. The summed E-state index contributed by atoms with van der Waals surface area (Å²) in [4.78, 5) is 16.4. The summed E-state index contributed by atoms with van der Waals surface area (Å²) in [7, 11) is 1.53. The maximum Gasteiger partial charge on any atom is 0.508 e. The Morgan fingerprint density at radius 1 is 1.14 bits per heavy atom. The molecule has 0 spiro atoms. The molecule has 1 fully saturated rings. The normalized spacial score (nSPS) is 22.5. The minimum Gasteiger partial charge on any atom is -0.435 e. The second kappa shape index (κ2) is 12.9. The lowest BCUT2D eigenvalue weighted by molar-refractivity contribution is -0.183. The van der Waals surface area contributed by atoms with E-state index in [1.54, 1.807) is 13.0 Å². The highest BCUT2D eigenvalue weighted by Crippen LogP contribution is 2.34. The van der Waals surface area contributed by atoms with Gasteiger partial charge in [0.2, 0.25) is 0 Å². The Labute approximate surface area is 210 Å². The summed E-state index contributed by atoms with van der Waals surface area (Å²) < 4.78 is 15.7. The van der Waals surface area contributed by atoms with Crippen LogP contribution in [0.5, 0.6) is 0 Å². The lowest BCUT2D eigenvalue weighted by Crippen LogP contribution is -2.48. The number of halogens is 1. The van der Waals surface area contributed by atoms with Crippen molar-refractivity contribution in [1.82, 2.24) is 0 Å². The molecule has 0 aliphatic carbocycles. The third-order valence-electron chi connectivity index (χ3n) is 5.86. The van der Waals surface area contributed by atoms with Gasteiger partial charge in [0.1, 0.15) is 25.9 Å². The Hall–Kier alpha value is -2.65. The number of nitrogens with zero attached hydrogens (tertiary/aromatic N) is 1. The minimum atomic E-state index is -1.18. The zero-order chi connectivity index (χ0) is 25.4. The summed E-state index contributed by atoms with van der Waals surface area (Å²) in [5.41, 5.74) is 4.66. The molecule has 0 saturated carbocycles. The fourth-order valence-electron chi connectivity index (χ4n) is 4.01. The summed E-state index contributed by atoms with van der Waals surface area (Å²) in [6.07, 6.45) is -2.89. The lowest BCUT2D eigenvalue weighted by Gasteiger charge is -2.37. The Bertz CT molecular complexity index is 1010. The van der Waals surface area contributed by atoms with Gasteiger partial charge >= 0.3 is 6.16 Å². The Morgan fingerprint density at radius 3 is 2.54 bits per heavy atom. The molecule has 1 aliphatic heterocycles. The van der Waals surface area contributed by atoms with Gasteiger partial charge in [-0.2, -0.15) is 0 Å². The average Bonchev–Trinajstić information content (AvgIpc) is 2.85. The van der Waals surface area contributed by atoms with Crippen molar-refractivity contribution >= 4 is 23.5 Å². The van der Waals surface area contributed by atoms with Gasteiger partial charge in [0.25, 0.3) is 0 Å². The summed E-state index contributed by atoms with van der Waals surface area (Å²) >= 11 is 6.49. The van der Waals surface area contributed by atoms with Crippen LogP contribution in [-0.4, -0.2) is 60.7 Å². The van der Waals surface area contributed by atoms with Crippen molar-refractivity contribution in [1.29, 1.82) is 0 Å². The van der Waals surface area contributed by atoms with E-state index in [0.29, 0.717) is 11.4 Å². The first-order chi connectivity index (χ1) is 16.9. The summed E-state index contributed by atoms with van der Waals surface area (Å²) in [6.45, 7) is 3.63. The van der Waals surface area contributed by atoms with E-state index in [1.165, 1.54) is 7.11 Å². The van der Waals surface area contributed by atoms with Crippen LogP contribution in [0.2, 0.25) is 5.02 Å². The molecule has 35 heavy (non-hydrogen) atoms. The van der Waals surface area contributed by atoms with Gasteiger partial charge in [-0.3, -0.25) is 0 Å². The predicted molar refractivity (Wildman–Crippen MR) is 132 cm³/mol. The molecule has 3 unspecified atom stereocenters. The molecule has 9 heteroatoms. The topological polar surface area (TPSA) is 107 Å². The standard InChI is InChI=1S/C26H32ClNO7/c1-4-21(28-32-3)17-8-6-16(7-9-17)12-19-13-18(10-11-20(19)27)23-14-22(29)25(30)24(35-23)15-34-26(31)33-5-2/h6-11,13,22-25,29-30H,4-5,12,14-15H2,1-3H3/b28-21+/t22?,23?,24?,25-/m0/s1. The van der Waals surface area contributed by atoms with E-state index in [4.69, 9.17) is 30.6 Å². The molecular formula is C26H32ClNO7. The first-order valence-corrected chi connectivity index (χ1v) is 12.0. The molecule has 190 valence electrons. The van der Waals surface area contributed by atoms with Crippen molar-refractivity contribution in [2.75, 3.05) is 20.3 Å². The van der Waals surface area contributed by atoms with E-state index in [-0.39, 0.29) is 19.6 Å². The lowest BCUT2D eigenvalue weighted by atomic mass is 9.92. The Kier molecular flexibility index (Phi) is 9.92. The van der Waals surface area contributed by atoms with Crippen LogP contribution < -0.4 is 0 Å². The molecule has 3 rings (SSSR count). The number of oxime groups is 1. The summed E-state index contributed by atoms with van der Waals surface area (Å²) in [6, 6.07) is 13.6. The molecule has 0 aromatic heterocycles. The second-order valence-corrected chi connectivity index (χ2v) is 8.66. The quantitative estimate of drug-likeness (QED) is 0.295. The summed E-state index contributed by atoms with van der Waals surface area (Å²) in [5, 5.41) is 25.4. The molecule has 2 N–H and O–H groups in total. The number of rotatable bonds is 9. The van der Waals surface area contributed by atoms with Crippen molar-refractivity contribution < 1.29 is 34.1 Å². The number of benzene rings is 2. The number of ether oxygens (including phenoxy) is 3. The molecule has 0 radical (unpaired) electrons. The molecule has 8 nitrogen and oxygen atoms in total. The van der Waals surface area contributed by atoms with Crippen LogP contribution in [0.25, 0.3) is 0 Å². The minimum absolute atomic E-state index is 0.176. The maximum absolute atomic E-state index is 11.5. The first-order valence-electron chi connectivity index (χ1n) is 11.6. The number of aliphatic hydroxyl groups excluding tert-OH is 2. The number of hydrogen-bond donors (Lipinski definition) is 2. The van der Waals surface area contributed by atoms with Crippen LogP contribution in [0.15, 0.2) is 47.6 Å². The third-order valence-corrected chi connectivity index (χ3v) is 6.23. The predicted octanol–water partition coefficient (Wildman–Crippen LogP) is 4.42. The van der Waals surface area contributed by atoms with Crippen molar-refractivity contribution in [3.05, 3.63) is 69.7 Å². The van der Waals surface area contributed by atoms with Crippen LogP contribution in [-0.2, 0) is 25.5 Å². The SMILES string of the molecule is CCOC(=O)OCC1OC(c2ccc(Cl)c(Cc3ccc(/C(CC)=N/OC)cc3)c2)CC(O)[C@@H]1O. The molecule has 2 aromatic rings.